The van der Waals surface area contributed by atoms with Gasteiger partial charge in [0, 0.05) is 0 Å². The fraction of sp³-hybridized carbons (Fsp3) is 0.500. The highest BCUT2D eigenvalue weighted by Gasteiger charge is 2.17. The van der Waals surface area contributed by atoms with Gasteiger partial charge < -0.3 is 19.9 Å². The molecule has 1 heterocycles. The van der Waals surface area contributed by atoms with E-state index in [4.69, 9.17) is 14.6 Å². The number of carboxylic acid groups (broad SMARTS) is 1. The number of carboxylic acids is 1. The minimum Gasteiger partial charge on any atom is -0.493 e. The summed E-state index contributed by atoms with van der Waals surface area (Å²) in [4.78, 5) is 11.0. The van der Waals surface area contributed by atoms with Crippen molar-refractivity contribution in [3.8, 4) is 11.5 Å². The summed E-state index contributed by atoms with van der Waals surface area (Å²) in [6.07, 6.45) is 3.05. The third-order valence-electron chi connectivity index (χ3n) is 3.23. The summed E-state index contributed by atoms with van der Waals surface area (Å²) < 4.78 is 11.1. The maximum Gasteiger partial charge on any atom is 0.335 e. The van der Waals surface area contributed by atoms with Crippen molar-refractivity contribution in [2.24, 2.45) is 0 Å². The smallest absolute Gasteiger partial charge is 0.335 e. The van der Waals surface area contributed by atoms with Crippen LogP contribution in [0.2, 0.25) is 0 Å². The summed E-state index contributed by atoms with van der Waals surface area (Å²) in [5.41, 5.74) is 0.211. The van der Waals surface area contributed by atoms with Crippen LogP contribution in [-0.4, -0.2) is 37.4 Å². The number of rotatable bonds is 4. The van der Waals surface area contributed by atoms with Crippen LogP contribution in [0.1, 0.15) is 29.6 Å². The van der Waals surface area contributed by atoms with Gasteiger partial charge in [0.05, 0.1) is 12.7 Å². The van der Waals surface area contributed by atoms with Crippen molar-refractivity contribution in [2.45, 2.75) is 25.4 Å². The Hall–Kier alpha value is -1.75. The Bertz CT molecular complexity index is 439. The Morgan fingerprint density at radius 1 is 1.32 bits per heavy atom. The molecule has 1 saturated heterocycles. The number of ether oxygens (including phenoxy) is 2. The lowest BCUT2D eigenvalue weighted by Gasteiger charge is -2.19. The Balaban J connectivity index is 2.16. The molecule has 1 unspecified atom stereocenters. The highest BCUT2D eigenvalue weighted by Crippen LogP contribution is 2.30. The van der Waals surface area contributed by atoms with Crippen molar-refractivity contribution < 1.29 is 19.4 Å². The summed E-state index contributed by atoms with van der Waals surface area (Å²) in [5, 5.41) is 12.3. The molecule has 0 aromatic heterocycles. The molecule has 1 fully saturated rings. The summed E-state index contributed by atoms with van der Waals surface area (Å²) >= 11 is 0. The van der Waals surface area contributed by atoms with Crippen LogP contribution in [0.4, 0.5) is 0 Å². The van der Waals surface area contributed by atoms with Crippen LogP contribution in [-0.2, 0) is 0 Å². The van der Waals surface area contributed by atoms with Crippen molar-refractivity contribution >= 4 is 5.97 Å². The molecule has 5 heteroatoms. The molecule has 2 rings (SSSR count). The van der Waals surface area contributed by atoms with Gasteiger partial charge in [-0.15, -0.1) is 0 Å². The topological polar surface area (TPSA) is 67.8 Å². The first-order chi connectivity index (χ1) is 9.20. The van der Waals surface area contributed by atoms with Crippen LogP contribution < -0.4 is 14.8 Å². The van der Waals surface area contributed by atoms with E-state index in [1.807, 2.05) is 0 Å². The van der Waals surface area contributed by atoms with E-state index in [1.54, 1.807) is 13.2 Å². The first kappa shape index (κ1) is 13.7. The summed E-state index contributed by atoms with van der Waals surface area (Å²) in [6, 6.07) is 4.68. The number of hydrogen-bond acceptors (Lipinski definition) is 4. The van der Waals surface area contributed by atoms with Crippen LogP contribution >= 0.6 is 0 Å². The molecule has 5 nitrogen and oxygen atoms in total. The largest absolute Gasteiger partial charge is 0.493 e. The van der Waals surface area contributed by atoms with Crippen LogP contribution in [0.25, 0.3) is 0 Å². The number of nitrogens with one attached hydrogen (secondary N) is 1. The van der Waals surface area contributed by atoms with Crippen LogP contribution in [0.15, 0.2) is 18.2 Å². The molecule has 0 radical (unpaired) electrons. The fourth-order valence-electron chi connectivity index (χ4n) is 2.19. The number of methoxy groups -OCH3 is 1. The van der Waals surface area contributed by atoms with Crippen molar-refractivity contribution in [1.82, 2.24) is 5.32 Å². The third-order valence-corrected chi connectivity index (χ3v) is 3.23. The lowest BCUT2D eigenvalue weighted by molar-refractivity contribution is 0.0695. The Labute approximate surface area is 112 Å². The fourth-order valence-corrected chi connectivity index (χ4v) is 2.19. The van der Waals surface area contributed by atoms with Gasteiger partial charge in [-0.25, -0.2) is 4.79 Å². The van der Waals surface area contributed by atoms with Gasteiger partial charge in [-0.3, -0.25) is 0 Å². The molecule has 0 amide bonds. The lowest BCUT2D eigenvalue weighted by atomic mass is 10.1. The normalized spacial score (nSPS) is 19.5. The molecule has 0 spiro atoms. The lowest BCUT2D eigenvalue weighted by Crippen LogP contribution is -2.19. The standard InChI is InChI=1S/C14H19NO4/c1-18-12-5-4-10(14(16)17)9-13(12)19-11-3-2-7-15-8-6-11/h4-5,9,11,15H,2-3,6-8H2,1H3,(H,16,17). The van der Waals surface area contributed by atoms with E-state index >= 15 is 0 Å². The molecule has 19 heavy (non-hydrogen) atoms. The Morgan fingerprint density at radius 3 is 2.89 bits per heavy atom. The predicted molar refractivity (Wildman–Crippen MR) is 71.1 cm³/mol. The molecule has 104 valence electrons. The zero-order chi connectivity index (χ0) is 13.7. The van der Waals surface area contributed by atoms with Crippen LogP contribution in [0.3, 0.4) is 0 Å². The molecule has 2 N–H and O–H groups in total. The predicted octanol–water partition coefficient (Wildman–Crippen LogP) is 1.91. The van der Waals surface area contributed by atoms with E-state index in [9.17, 15) is 4.79 Å². The van der Waals surface area contributed by atoms with Gasteiger partial charge in [-0.2, -0.15) is 0 Å². The van der Waals surface area contributed by atoms with E-state index in [-0.39, 0.29) is 11.7 Å². The van der Waals surface area contributed by atoms with Crippen molar-refractivity contribution in [1.29, 1.82) is 0 Å². The second-order valence-corrected chi connectivity index (χ2v) is 4.59. The summed E-state index contributed by atoms with van der Waals surface area (Å²) in [5.74, 6) is 0.117. The maximum absolute atomic E-state index is 11.0. The molecule has 1 aromatic rings. The number of aromatic carboxylic acids is 1. The summed E-state index contributed by atoms with van der Waals surface area (Å²) in [6.45, 7) is 1.93. The van der Waals surface area contributed by atoms with E-state index in [1.165, 1.54) is 12.1 Å². The average Bonchev–Trinajstić information content (AvgIpc) is 2.67. The minimum atomic E-state index is -0.963. The van der Waals surface area contributed by atoms with Gasteiger partial charge in [-0.1, -0.05) is 0 Å². The molecular formula is C14H19NO4. The van der Waals surface area contributed by atoms with E-state index < -0.39 is 5.97 Å². The maximum atomic E-state index is 11.0. The van der Waals surface area contributed by atoms with Gasteiger partial charge in [0.15, 0.2) is 11.5 Å². The van der Waals surface area contributed by atoms with E-state index in [0.717, 1.165) is 32.4 Å². The molecule has 0 aliphatic carbocycles. The van der Waals surface area contributed by atoms with Gasteiger partial charge in [0.1, 0.15) is 6.10 Å². The van der Waals surface area contributed by atoms with Crippen LogP contribution in [0.5, 0.6) is 11.5 Å². The van der Waals surface area contributed by atoms with Gasteiger partial charge in [0.2, 0.25) is 0 Å². The SMILES string of the molecule is COc1ccc(C(=O)O)cc1OC1CCCNCC1. The van der Waals surface area contributed by atoms with Gasteiger partial charge in [0.25, 0.3) is 0 Å². The monoisotopic (exact) mass is 265 g/mol. The zero-order valence-corrected chi connectivity index (χ0v) is 11.0. The number of benzene rings is 1. The van der Waals surface area contributed by atoms with Gasteiger partial charge >= 0.3 is 5.97 Å². The van der Waals surface area contributed by atoms with Gasteiger partial charge in [-0.05, 0) is 50.6 Å². The van der Waals surface area contributed by atoms with E-state index in [0.29, 0.717) is 11.5 Å². The molecule has 1 aliphatic rings. The Kier molecular flexibility index (Phi) is 4.63. The second-order valence-electron chi connectivity index (χ2n) is 4.59. The van der Waals surface area contributed by atoms with Crippen molar-refractivity contribution in [3.63, 3.8) is 0 Å². The average molecular weight is 265 g/mol. The van der Waals surface area contributed by atoms with Crippen LogP contribution in [0, 0.1) is 0 Å². The molecule has 0 saturated carbocycles. The first-order valence-corrected chi connectivity index (χ1v) is 6.49. The number of hydrogen-bond donors (Lipinski definition) is 2. The quantitative estimate of drug-likeness (QED) is 0.870. The first-order valence-electron chi connectivity index (χ1n) is 6.49. The second kappa shape index (κ2) is 6.43. The van der Waals surface area contributed by atoms with E-state index in [2.05, 4.69) is 5.32 Å². The zero-order valence-electron chi connectivity index (χ0n) is 11.0. The highest BCUT2D eigenvalue weighted by molar-refractivity contribution is 5.88. The molecule has 0 bridgehead atoms. The molecular weight excluding hydrogens is 246 g/mol. The Morgan fingerprint density at radius 2 is 2.16 bits per heavy atom. The van der Waals surface area contributed by atoms with Crippen molar-refractivity contribution in [3.05, 3.63) is 23.8 Å². The third kappa shape index (κ3) is 3.61. The molecule has 1 atom stereocenters. The highest BCUT2D eigenvalue weighted by atomic mass is 16.5. The molecule has 1 aliphatic heterocycles. The van der Waals surface area contributed by atoms with Crippen molar-refractivity contribution in [2.75, 3.05) is 20.2 Å². The minimum absolute atomic E-state index is 0.105. The molecule has 1 aromatic carbocycles. The summed E-state index contributed by atoms with van der Waals surface area (Å²) in [7, 11) is 1.55. The number of carbonyl (C=O) groups is 1.